The third-order valence-electron chi connectivity index (χ3n) is 2.26. The monoisotopic (exact) mass is 240 g/mol. The fraction of sp³-hybridized carbons (Fsp3) is 0.538. The van der Waals surface area contributed by atoms with Gasteiger partial charge in [0, 0.05) is 5.75 Å². The molecule has 0 aliphatic heterocycles. The van der Waals surface area contributed by atoms with Gasteiger partial charge in [0.2, 0.25) is 0 Å². The number of thiol groups is 1. The lowest BCUT2D eigenvalue weighted by Crippen LogP contribution is -2.09. The van der Waals surface area contributed by atoms with E-state index in [1.807, 2.05) is 18.2 Å². The Morgan fingerprint density at radius 2 is 1.88 bits per heavy atom. The van der Waals surface area contributed by atoms with Crippen LogP contribution in [0.5, 0.6) is 5.75 Å². The van der Waals surface area contributed by atoms with Crippen LogP contribution in [0.4, 0.5) is 0 Å². The van der Waals surface area contributed by atoms with Gasteiger partial charge in [0.1, 0.15) is 12.4 Å². The molecule has 0 atom stereocenters. The summed E-state index contributed by atoms with van der Waals surface area (Å²) in [5.74, 6) is 2.20. The fourth-order valence-electron chi connectivity index (χ4n) is 1.47. The number of rotatable bonds is 7. The Kier molecular flexibility index (Phi) is 6.34. The van der Waals surface area contributed by atoms with E-state index in [4.69, 9.17) is 9.47 Å². The SMILES string of the molecule is CC(C)c1ccccc1OCCOCCS. The third kappa shape index (κ3) is 4.45. The first-order valence-electron chi connectivity index (χ1n) is 5.66. The second kappa shape index (κ2) is 7.58. The molecule has 0 aliphatic carbocycles. The van der Waals surface area contributed by atoms with Crippen LogP contribution < -0.4 is 4.74 Å². The summed E-state index contributed by atoms with van der Waals surface area (Å²) in [5, 5.41) is 0. The van der Waals surface area contributed by atoms with Gasteiger partial charge in [-0.05, 0) is 17.5 Å². The van der Waals surface area contributed by atoms with Crippen LogP contribution >= 0.6 is 12.6 Å². The van der Waals surface area contributed by atoms with E-state index < -0.39 is 0 Å². The highest BCUT2D eigenvalue weighted by atomic mass is 32.1. The lowest BCUT2D eigenvalue weighted by molar-refractivity contribution is 0.111. The Morgan fingerprint density at radius 3 is 2.56 bits per heavy atom. The summed E-state index contributed by atoms with van der Waals surface area (Å²) in [6.07, 6.45) is 0. The van der Waals surface area contributed by atoms with E-state index in [9.17, 15) is 0 Å². The molecule has 0 aromatic heterocycles. The first-order valence-corrected chi connectivity index (χ1v) is 6.29. The molecule has 0 amide bonds. The zero-order valence-electron chi connectivity index (χ0n) is 9.98. The Labute approximate surface area is 103 Å². The summed E-state index contributed by atoms with van der Waals surface area (Å²) in [6, 6.07) is 8.15. The van der Waals surface area contributed by atoms with Crippen molar-refractivity contribution in [3.05, 3.63) is 29.8 Å². The number of hydrogen-bond donors (Lipinski definition) is 1. The van der Waals surface area contributed by atoms with E-state index in [-0.39, 0.29) is 0 Å². The van der Waals surface area contributed by atoms with Gasteiger partial charge >= 0.3 is 0 Å². The Hall–Kier alpha value is -0.670. The van der Waals surface area contributed by atoms with E-state index in [2.05, 4.69) is 32.5 Å². The number of benzene rings is 1. The minimum atomic E-state index is 0.481. The standard InChI is InChI=1S/C13H20O2S/c1-11(2)12-5-3-4-6-13(12)15-8-7-14-9-10-16/h3-6,11,16H,7-10H2,1-2H3. The van der Waals surface area contributed by atoms with Crippen LogP contribution in [0, 0.1) is 0 Å². The van der Waals surface area contributed by atoms with Gasteiger partial charge in [0.25, 0.3) is 0 Å². The van der Waals surface area contributed by atoms with Crippen molar-refractivity contribution in [2.45, 2.75) is 19.8 Å². The van der Waals surface area contributed by atoms with Crippen LogP contribution in [-0.2, 0) is 4.74 Å². The van der Waals surface area contributed by atoms with Crippen molar-refractivity contribution in [3.8, 4) is 5.75 Å². The summed E-state index contributed by atoms with van der Waals surface area (Å²) >= 11 is 4.07. The topological polar surface area (TPSA) is 18.5 Å². The van der Waals surface area contributed by atoms with Gasteiger partial charge < -0.3 is 9.47 Å². The number of ether oxygens (including phenoxy) is 2. The zero-order valence-corrected chi connectivity index (χ0v) is 10.9. The quantitative estimate of drug-likeness (QED) is 0.583. The van der Waals surface area contributed by atoms with Crippen molar-refractivity contribution in [1.82, 2.24) is 0 Å². The van der Waals surface area contributed by atoms with E-state index in [0.717, 1.165) is 11.5 Å². The molecule has 0 fully saturated rings. The highest BCUT2D eigenvalue weighted by Gasteiger charge is 2.06. The molecule has 2 nitrogen and oxygen atoms in total. The maximum atomic E-state index is 5.70. The van der Waals surface area contributed by atoms with Crippen molar-refractivity contribution in [3.63, 3.8) is 0 Å². The molecule has 0 spiro atoms. The van der Waals surface area contributed by atoms with E-state index in [0.29, 0.717) is 25.7 Å². The van der Waals surface area contributed by atoms with Gasteiger partial charge in [0.15, 0.2) is 0 Å². The average Bonchev–Trinajstić information content (AvgIpc) is 2.29. The zero-order chi connectivity index (χ0) is 11.8. The number of hydrogen-bond acceptors (Lipinski definition) is 3. The van der Waals surface area contributed by atoms with Gasteiger partial charge in [-0.2, -0.15) is 12.6 Å². The molecule has 0 saturated heterocycles. The molecule has 0 unspecified atom stereocenters. The van der Waals surface area contributed by atoms with Gasteiger partial charge in [-0.15, -0.1) is 0 Å². The molecule has 0 N–H and O–H groups in total. The molecular formula is C13H20O2S. The molecule has 90 valence electrons. The molecule has 1 aromatic rings. The van der Waals surface area contributed by atoms with Crippen molar-refractivity contribution in [2.24, 2.45) is 0 Å². The van der Waals surface area contributed by atoms with Gasteiger partial charge in [-0.3, -0.25) is 0 Å². The second-order valence-electron chi connectivity index (χ2n) is 3.88. The highest BCUT2D eigenvalue weighted by Crippen LogP contribution is 2.25. The normalized spacial score (nSPS) is 10.8. The van der Waals surface area contributed by atoms with Crippen LogP contribution in [0.15, 0.2) is 24.3 Å². The van der Waals surface area contributed by atoms with Gasteiger partial charge in [0.05, 0.1) is 13.2 Å². The van der Waals surface area contributed by atoms with Crippen molar-refractivity contribution in [1.29, 1.82) is 0 Å². The minimum absolute atomic E-state index is 0.481. The van der Waals surface area contributed by atoms with E-state index in [1.54, 1.807) is 0 Å². The third-order valence-corrected chi connectivity index (χ3v) is 2.44. The summed E-state index contributed by atoms with van der Waals surface area (Å²) in [4.78, 5) is 0. The summed E-state index contributed by atoms with van der Waals surface area (Å²) in [7, 11) is 0. The fourth-order valence-corrected chi connectivity index (χ4v) is 1.60. The molecule has 0 aliphatic rings. The van der Waals surface area contributed by atoms with Gasteiger partial charge in [-0.25, -0.2) is 0 Å². The Bertz CT molecular complexity index is 300. The second-order valence-corrected chi connectivity index (χ2v) is 4.32. The molecule has 0 heterocycles. The predicted octanol–water partition coefficient (Wildman–Crippen LogP) is 3.14. The molecule has 3 heteroatoms. The highest BCUT2D eigenvalue weighted by molar-refractivity contribution is 7.80. The van der Waals surface area contributed by atoms with Crippen LogP contribution in [0.2, 0.25) is 0 Å². The number of para-hydroxylation sites is 1. The first kappa shape index (κ1) is 13.4. The molecular weight excluding hydrogens is 220 g/mol. The lowest BCUT2D eigenvalue weighted by Gasteiger charge is -2.13. The minimum Gasteiger partial charge on any atom is -0.491 e. The van der Waals surface area contributed by atoms with E-state index in [1.165, 1.54) is 5.56 Å². The largest absolute Gasteiger partial charge is 0.491 e. The van der Waals surface area contributed by atoms with Gasteiger partial charge in [-0.1, -0.05) is 32.0 Å². The van der Waals surface area contributed by atoms with Crippen LogP contribution in [0.1, 0.15) is 25.3 Å². The lowest BCUT2D eigenvalue weighted by atomic mass is 10.0. The molecule has 16 heavy (non-hydrogen) atoms. The molecule has 0 saturated carbocycles. The summed E-state index contributed by atoms with van der Waals surface area (Å²) in [5.41, 5.74) is 1.25. The van der Waals surface area contributed by atoms with Crippen molar-refractivity contribution in [2.75, 3.05) is 25.6 Å². The van der Waals surface area contributed by atoms with Crippen molar-refractivity contribution >= 4 is 12.6 Å². The summed E-state index contributed by atoms with van der Waals surface area (Å²) < 4.78 is 11.0. The Balaban J connectivity index is 2.41. The Morgan fingerprint density at radius 1 is 1.12 bits per heavy atom. The molecule has 1 rings (SSSR count). The van der Waals surface area contributed by atoms with Crippen molar-refractivity contribution < 1.29 is 9.47 Å². The predicted molar refractivity (Wildman–Crippen MR) is 70.7 cm³/mol. The molecule has 1 aromatic carbocycles. The van der Waals surface area contributed by atoms with Crippen LogP contribution in [-0.4, -0.2) is 25.6 Å². The maximum Gasteiger partial charge on any atom is 0.122 e. The van der Waals surface area contributed by atoms with E-state index >= 15 is 0 Å². The molecule has 0 radical (unpaired) electrons. The smallest absolute Gasteiger partial charge is 0.122 e. The summed E-state index contributed by atoms with van der Waals surface area (Å²) in [6.45, 7) is 6.22. The van der Waals surface area contributed by atoms with Crippen LogP contribution in [0.3, 0.4) is 0 Å². The maximum absolute atomic E-state index is 5.70. The van der Waals surface area contributed by atoms with Crippen LogP contribution in [0.25, 0.3) is 0 Å². The average molecular weight is 240 g/mol. The first-order chi connectivity index (χ1) is 7.75. The molecule has 0 bridgehead atoms.